The maximum atomic E-state index is 11.9. The molecule has 17 heavy (non-hydrogen) atoms. The zero-order valence-corrected chi connectivity index (χ0v) is 10.3. The number of carbonyl (C=O) groups excluding carboxylic acids is 1. The van der Waals surface area contributed by atoms with Crippen LogP contribution in [0.15, 0.2) is 18.2 Å². The van der Waals surface area contributed by atoms with E-state index < -0.39 is 0 Å². The fourth-order valence-corrected chi connectivity index (χ4v) is 2.02. The van der Waals surface area contributed by atoms with Crippen molar-refractivity contribution in [1.29, 1.82) is 0 Å². The molecule has 92 valence electrons. The van der Waals surface area contributed by atoms with Gasteiger partial charge in [-0.2, -0.15) is 0 Å². The Bertz CT molecular complexity index is 416. The quantitative estimate of drug-likeness (QED) is 0.794. The second-order valence-corrected chi connectivity index (χ2v) is 4.63. The summed E-state index contributed by atoms with van der Waals surface area (Å²) in [6.45, 7) is 1.82. The van der Waals surface area contributed by atoms with Gasteiger partial charge in [0.2, 0.25) is 0 Å². The molecule has 5 heteroatoms. The number of hydrogen-bond acceptors (Lipinski definition) is 3. The fraction of sp³-hybridized carbons (Fsp3) is 0.417. The number of nitrogens with one attached hydrogen (secondary N) is 1. The number of halogens is 1. The van der Waals surface area contributed by atoms with E-state index in [1.165, 1.54) is 6.42 Å². The molecule has 0 spiro atoms. The number of hydrogen-bond donors (Lipinski definition) is 2. The number of anilines is 1. The molecule has 1 heterocycles. The summed E-state index contributed by atoms with van der Waals surface area (Å²) in [6, 6.07) is 4.92. The second kappa shape index (κ2) is 5.38. The first-order chi connectivity index (χ1) is 8.16. The second-order valence-electron chi connectivity index (χ2n) is 4.22. The zero-order chi connectivity index (χ0) is 12.3. The van der Waals surface area contributed by atoms with E-state index in [1.807, 2.05) is 5.01 Å². The van der Waals surface area contributed by atoms with Crippen molar-refractivity contribution in [3.8, 4) is 0 Å². The molecule has 0 aliphatic carbocycles. The summed E-state index contributed by atoms with van der Waals surface area (Å²) < 4.78 is 0. The molecule has 1 saturated heterocycles. The van der Waals surface area contributed by atoms with Gasteiger partial charge in [0.25, 0.3) is 5.91 Å². The van der Waals surface area contributed by atoms with Gasteiger partial charge in [0, 0.05) is 18.7 Å². The maximum absolute atomic E-state index is 11.9. The fourth-order valence-electron chi connectivity index (χ4n) is 1.90. The number of nitrogen functional groups attached to an aromatic ring is 1. The van der Waals surface area contributed by atoms with Crippen molar-refractivity contribution in [1.82, 2.24) is 10.4 Å². The monoisotopic (exact) mass is 253 g/mol. The minimum atomic E-state index is -0.129. The van der Waals surface area contributed by atoms with Crippen molar-refractivity contribution in [3.05, 3.63) is 28.8 Å². The van der Waals surface area contributed by atoms with Crippen LogP contribution < -0.4 is 11.2 Å². The van der Waals surface area contributed by atoms with Gasteiger partial charge in [0.1, 0.15) is 0 Å². The lowest BCUT2D eigenvalue weighted by atomic mass is 10.1. The van der Waals surface area contributed by atoms with Crippen molar-refractivity contribution >= 4 is 23.2 Å². The maximum Gasteiger partial charge on any atom is 0.265 e. The lowest BCUT2D eigenvalue weighted by molar-refractivity contribution is 0.0750. The Morgan fingerprint density at radius 3 is 2.65 bits per heavy atom. The van der Waals surface area contributed by atoms with Gasteiger partial charge in [-0.05, 0) is 31.0 Å². The molecule has 1 fully saturated rings. The third-order valence-corrected chi connectivity index (χ3v) is 3.22. The van der Waals surface area contributed by atoms with Gasteiger partial charge in [-0.3, -0.25) is 10.2 Å². The lowest BCUT2D eigenvalue weighted by Gasteiger charge is -2.26. The Morgan fingerprint density at radius 1 is 1.29 bits per heavy atom. The van der Waals surface area contributed by atoms with Crippen LogP contribution in [0.2, 0.25) is 5.02 Å². The third kappa shape index (κ3) is 3.11. The molecular weight excluding hydrogens is 238 g/mol. The summed E-state index contributed by atoms with van der Waals surface area (Å²) in [7, 11) is 0. The standard InChI is InChI=1S/C12H16ClN3O/c13-10-5-4-9(8-11(10)14)12(17)15-16-6-2-1-3-7-16/h4-5,8H,1-3,6-7,14H2,(H,15,17). The molecule has 2 rings (SSSR count). The first-order valence-electron chi connectivity index (χ1n) is 5.78. The molecule has 1 aliphatic rings. The Labute approximate surface area is 106 Å². The number of piperidine rings is 1. The number of nitrogens with zero attached hydrogens (tertiary/aromatic N) is 1. The lowest BCUT2D eigenvalue weighted by Crippen LogP contribution is -2.45. The van der Waals surface area contributed by atoms with E-state index >= 15 is 0 Å². The van der Waals surface area contributed by atoms with Crippen LogP contribution in [-0.2, 0) is 0 Å². The molecule has 4 nitrogen and oxygen atoms in total. The van der Waals surface area contributed by atoms with Crippen LogP contribution in [0.25, 0.3) is 0 Å². The molecule has 1 amide bonds. The Morgan fingerprint density at radius 2 is 2.00 bits per heavy atom. The molecular formula is C12H16ClN3O. The van der Waals surface area contributed by atoms with Crippen LogP contribution in [0.3, 0.4) is 0 Å². The molecule has 0 aromatic heterocycles. The van der Waals surface area contributed by atoms with Crippen LogP contribution in [0.1, 0.15) is 29.6 Å². The van der Waals surface area contributed by atoms with Crippen LogP contribution >= 0.6 is 11.6 Å². The first kappa shape index (κ1) is 12.2. The zero-order valence-electron chi connectivity index (χ0n) is 9.58. The summed E-state index contributed by atoms with van der Waals surface area (Å²) >= 11 is 5.81. The normalized spacial score (nSPS) is 16.8. The van der Waals surface area contributed by atoms with Gasteiger partial charge in [-0.1, -0.05) is 18.0 Å². The van der Waals surface area contributed by atoms with E-state index in [4.69, 9.17) is 17.3 Å². The summed E-state index contributed by atoms with van der Waals surface area (Å²) in [4.78, 5) is 11.9. The molecule has 3 N–H and O–H groups in total. The number of carbonyl (C=O) groups is 1. The van der Waals surface area contributed by atoms with E-state index in [0.29, 0.717) is 16.3 Å². The third-order valence-electron chi connectivity index (χ3n) is 2.87. The van der Waals surface area contributed by atoms with Crippen molar-refractivity contribution in [2.75, 3.05) is 18.8 Å². The van der Waals surface area contributed by atoms with Crippen molar-refractivity contribution in [3.63, 3.8) is 0 Å². The van der Waals surface area contributed by atoms with Crippen LogP contribution in [0, 0.1) is 0 Å². The Balaban J connectivity index is 2.01. The van der Waals surface area contributed by atoms with E-state index in [9.17, 15) is 4.79 Å². The summed E-state index contributed by atoms with van der Waals surface area (Å²) in [5.41, 5.74) is 9.51. The van der Waals surface area contributed by atoms with E-state index in [1.54, 1.807) is 18.2 Å². The van der Waals surface area contributed by atoms with Gasteiger partial charge < -0.3 is 5.73 Å². The molecule has 0 saturated carbocycles. The number of nitrogens with two attached hydrogens (primary N) is 1. The molecule has 0 unspecified atom stereocenters. The van der Waals surface area contributed by atoms with Crippen LogP contribution in [-0.4, -0.2) is 24.0 Å². The average molecular weight is 254 g/mol. The highest BCUT2D eigenvalue weighted by Crippen LogP contribution is 2.19. The van der Waals surface area contributed by atoms with Gasteiger partial charge in [0.05, 0.1) is 10.7 Å². The van der Waals surface area contributed by atoms with Crippen LogP contribution in [0.4, 0.5) is 5.69 Å². The van der Waals surface area contributed by atoms with Crippen molar-refractivity contribution in [2.24, 2.45) is 0 Å². The predicted molar refractivity (Wildman–Crippen MR) is 68.8 cm³/mol. The van der Waals surface area contributed by atoms with Crippen molar-refractivity contribution < 1.29 is 4.79 Å². The van der Waals surface area contributed by atoms with Crippen LogP contribution in [0.5, 0.6) is 0 Å². The highest BCUT2D eigenvalue weighted by Gasteiger charge is 2.14. The minimum Gasteiger partial charge on any atom is -0.398 e. The Hall–Kier alpha value is -1.26. The molecule has 1 aliphatic heterocycles. The largest absolute Gasteiger partial charge is 0.398 e. The van der Waals surface area contributed by atoms with Gasteiger partial charge in [-0.25, -0.2) is 5.01 Å². The minimum absolute atomic E-state index is 0.129. The molecule has 0 atom stereocenters. The van der Waals surface area contributed by atoms with Gasteiger partial charge in [-0.15, -0.1) is 0 Å². The number of rotatable bonds is 2. The summed E-state index contributed by atoms with van der Waals surface area (Å²) in [5, 5.41) is 2.43. The summed E-state index contributed by atoms with van der Waals surface area (Å²) in [5.74, 6) is -0.129. The van der Waals surface area contributed by atoms with Gasteiger partial charge in [0.15, 0.2) is 0 Å². The highest BCUT2D eigenvalue weighted by molar-refractivity contribution is 6.33. The van der Waals surface area contributed by atoms with E-state index in [-0.39, 0.29) is 5.91 Å². The number of benzene rings is 1. The van der Waals surface area contributed by atoms with E-state index in [2.05, 4.69) is 5.43 Å². The molecule has 0 radical (unpaired) electrons. The number of amides is 1. The molecule has 0 bridgehead atoms. The molecule has 1 aromatic rings. The SMILES string of the molecule is Nc1cc(C(=O)NN2CCCCC2)ccc1Cl. The summed E-state index contributed by atoms with van der Waals surface area (Å²) in [6.07, 6.45) is 3.49. The average Bonchev–Trinajstić information content (AvgIpc) is 2.34. The Kier molecular flexibility index (Phi) is 3.86. The highest BCUT2D eigenvalue weighted by atomic mass is 35.5. The smallest absolute Gasteiger partial charge is 0.265 e. The molecule has 1 aromatic carbocycles. The topological polar surface area (TPSA) is 58.4 Å². The van der Waals surface area contributed by atoms with Gasteiger partial charge >= 0.3 is 0 Å². The predicted octanol–water partition coefficient (Wildman–Crippen LogP) is 2.05. The van der Waals surface area contributed by atoms with E-state index in [0.717, 1.165) is 25.9 Å². The first-order valence-corrected chi connectivity index (χ1v) is 6.15. The number of hydrazine groups is 1. The van der Waals surface area contributed by atoms with Crippen molar-refractivity contribution in [2.45, 2.75) is 19.3 Å².